The fourth-order valence-corrected chi connectivity index (χ4v) is 3.71. The summed E-state index contributed by atoms with van der Waals surface area (Å²) in [5, 5.41) is 1.46. The Balaban J connectivity index is 1.60. The maximum Gasteiger partial charge on any atom is 0.227 e. The van der Waals surface area contributed by atoms with Gasteiger partial charge in [0.15, 0.2) is 0 Å². The molecule has 0 N–H and O–H groups in total. The lowest BCUT2D eigenvalue weighted by molar-refractivity contribution is -0.131. The number of carbonyl (C=O) groups is 1. The van der Waals surface area contributed by atoms with Crippen LogP contribution in [0.5, 0.6) is 0 Å². The van der Waals surface area contributed by atoms with E-state index >= 15 is 0 Å². The second kappa shape index (κ2) is 6.76. The molecule has 5 heteroatoms. The first kappa shape index (κ1) is 17.1. The van der Waals surface area contributed by atoms with Gasteiger partial charge in [-0.1, -0.05) is 35.9 Å². The van der Waals surface area contributed by atoms with Crippen molar-refractivity contribution < 1.29 is 9.18 Å². The number of hydrogen-bond acceptors (Lipinski definition) is 1. The van der Waals surface area contributed by atoms with Gasteiger partial charge in [-0.05, 0) is 36.6 Å². The van der Waals surface area contributed by atoms with E-state index in [0.717, 1.165) is 29.3 Å². The third-order valence-corrected chi connectivity index (χ3v) is 5.37. The normalized spacial score (nSPS) is 14.0. The molecule has 0 unspecified atom stereocenters. The highest BCUT2D eigenvalue weighted by Gasteiger charge is 2.33. The molecule has 134 valence electrons. The summed E-state index contributed by atoms with van der Waals surface area (Å²) < 4.78 is 16.2. The Morgan fingerprint density at radius 1 is 1.23 bits per heavy atom. The van der Waals surface area contributed by atoms with Gasteiger partial charge in [-0.3, -0.25) is 4.79 Å². The third kappa shape index (κ3) is 3.21. The van der Waals surface area contributed by atoms with E-state index < -0.39 is 0 Å². The number of aromatic nitrogens is 1. The molecular formula is C21H20ClFN2O. The minimum atomic E-state index is -0.360. The molecule has 4 rings (SSSR count). The summed E-state index contributed by atoms with van der Waals surface area (Å²) in [6, 6.07) is 12.9. The summed E-state index contributed by atoms with van der Waals surface area (Å²) >= 11 is 6.16. The smallest absolute Gasteiger partial charge is 0.227 e. The van der Waals surface area contributed by atoms with E-state index in [9.17, 15) is 9.18 Å². The zero-order valence-electron chi connectivity index (χ0n) is 14.6. The predicted molar refractivity (Wildman–Crippen MR) is 102 cm³/mol. The summed E-state index contributed by atoms with van der Waals surface area (Å²) in [5.41, 5.74) is 2.50. The first-order valence-corrected chi connectivity index (χ1v) is 9.17. The average molecular weight is 371 g/mol. The lowest BCUT2D eigenvalue weighted by Crippen LogP contribution is -2.34. The van der Waals surface area contributed by atoms with Crippen molar-refractivity contribution >= 4 is 28.4 Å². The Morgan fingerprint density at radius 3 is 2.73 bits per heavy atom. The molecule has 1 heterocycles. The molecule has 1 amide bonds. The average Bonchev–Trinajstić information content (AvgIpc) is 3.41. The van der Waals surface area contributed by atoms with Crippen LogP contribution in [-0.4, -0.2) is 21.4 Å². The third-order valence-electron chi connectivity index (χ3n) is 5.02. The van der Waals surface area contributed by atoms with Crippen LogP contribution < -0.4 is 0 Å². The highest BCUT2D eigenvalue weighted by Crippen LogP contribution is 2.32. The zero-order valence-corrected chi connectivity index (χ0v) is 15.3. The van der Waals surface area contributed by atoms with Gasteiger partial charge in [0.05, 0.1) is 13.0 Å². The zero-order chi connectivity index (χ0) is 18.3. The quantitative estimate of drug-likeness (QED) is 0.638. The highest BCUT2D eigenvalue weighted by atomic mass is 35.5. The van der Waals surface area contributed by atoms with Crippen LogP contribution >= 0.6 is 11.6 Å². The van der Waals surface area contributed by atoms with Crippen LogP contribution in [-0.2, 0) is 24.8 Å². The number of amides is 1. The summed E-state index contributed by atoms with van der Waals surface area (Å²) in [6.45, 7) is 0.222. The molecule has 0 saturated heterocycles. The van der Waals surface area contributed by atoms with Crippen LogP contribution in [0.3, 0.4) is 0 Å². The summed E-state index contributed by atoms with van der Waals surface area (Å²) in [4.78, 5) is 14.8. The Bertz CT molecular complexity index is 957. The van der Waals surface area contributed by atoms with Crippen molar-refractivity contribution in [2.45, 2.75) is 31.8 Å². The minimum Gasteiger partial charge on any atom is -0.350 e. The van der Waals surface area contributed by atoms with E-state index in [0.29, 0.717) is 17.0 Å². The van der Waals surface area contributed by atoms with E-state index in [2.05, 4.69) is 0 Å². The molecule has 1 aromatic heterocycles. The van der Waals surface area contributed by atoms with Crippen molar-refractivity contribution in [3.8, 4) is 0 Å². The van der Waals surface area contributed by atoms with E-state index in [1.54, 1.807) is 17.0 Å². The van der Waals surface area contributed by atoms with Gasteiger partial charge < -0.3 is 9.47 Å². The maximum atomic E-state index is 14.2. The van der Waals surface area contributed by atoms with E-state index in [1.165, 1.54) is 6.07 Å². The Kier molecular flexibility index (Phi) is 4.45. The number of nitrogens with zero attached hydrogens (tertiary/aromatic N) is 2. The van der Waals surface area contributed by atoms with Gasteiger partial charge in [-0.2, -0.15) is 0 Å². The molecule has 3 aromatic rings. The molecular weight excluding hydrogens is 351 g/mol. The molecule has 0 radical (unpaired) electrons. The van der Waals surface area contributed by atoms with Gasteiger partial charge in [0, 0.05) is 40.8 Å². The van der Waals surface area contributed by atoms with E-state index in [-0.39, 0.29) is 24.3 Å². The molecule has 0 spiro atoms. The van der Waals surface area contributed by atoms with Crippen molar-refractivity contribution in [3.05, 3.63) is 70.6 Å². The Hall–Kier alpha value is -2.33. The standard InChI is InChI=1S/C21H20ClFN2O/c1-24-12-14(16-5-2-3-8-20(16)24)11-21(26)25(15-9-10-15)13-17-18(22)6-4-7-19(17)23/h2-8,12,15H,9-11,13H2,1H3. The second-order valence-electron chi connectivity index (χ2n) is 6.91. The topological polar surface area (TPSA) is 25.2 Å². The van der Waals surface area contributed by atoms with Crippen LogP contribution in [0.4, 0.5) is 4.39 Å². The number of fused-ring (bicyclic) bond motifs is 1. The van der Waals surface area contributed by atoms with Gasteiger partial charge in [0.25, 0.3) is 0 Å². The summed E-state index contributed by atoms with van der Waals surface area (Å²) in [6.07, 6.45) is 4.24. The number of hydrogen-bond donors (Lipinski definition) is 0. The lowest BCUT2D eigenvalue weighted by Gasteiger charge is -2.23. The van der Waals surface area contributed by atoms with E-state index in [4.69, 9.17) is 11.6 Å². The number of aryl methyl sites for hydroxylation is 1. The number of para-hydroxylation sites is 1. The Morgan fingerprint density at radius 2 is 2.00 bits per heavy atom. The van der Waals surface area contributed by atoms with E-state index in [1.807, 2.05) is 42.1 Å². The number of benzene rings is 2. The van der Waals surface area contributed by atoms with Crippen molar-refractivity contribution in [3.63, 3.8) is 0 Å². The molecule has 0 atom stereocenters. The Labute approximate surface area is 157 Å². The summed E-state index contributed by atoms with van der Waals surface area (Å²) in [7, 11) is 1.98. The fraction of sp³-hybridized carbons (Fsp3) is 0.286. The largest absolute Gasteiger partial charge is 0.350 e. The second-order valence-corrected chi connectivity index (χ2v) is 7.32. The van der Waals surface area contributed by atoms with Crippen LogP contribution in [0.2, 0.25) is 5.02 Å². The van der Waals surface area contributed by atoms with Crippen LogP contribution in [0.1, 0.15) is 24.0 Å². The van der Waals surface area contributed by atoms with Crippen molar-refractivity contribution in [2.75, 3.05) is 0 Å². The number of rotatable bonds is 5. The number of halogens is 2. The maximum absolute atomic E-state index is 14.2. The first-order valence-electron chi connectivity index (χ1n) is 8.80. The van der Waals surface area contributed by atoms with Crippen LogP contribution in [0.15, 0.2) is 48.7 Å². The molecule has 1 fully saturated rings. The van der Waals surface area contributed by atoms with Crippen molar-refractivity contribution in [1.82, 2.24) is 9.47 Å². The minimum absolute atomic E-state index is 0.0168. The van der Waals surface area contributed by atoms with Gasteiger partial charge >= 0.3 is 0 Å². The van der Waals surface area contributed by atoms with Crippen LogP contribution in [0, 0.1) is 5.82 Å². The molecule has 0 bridgehead atoms. The van der Waals surface area contributed by atoms with Crippen molar-refractivity contribution in [1.29, 1.82) is 0 Å². The predicted octanol–water partition coefficient (Wildman–Crippen LogP) is 4.70. The first-order chi connectivity index (χ1) is 12.5. The van der Waals surface area contributed by atoms with Crippen LogP contribution in [0.25, 0.3) is 10.9 Å². The molecule has 2 aromatic carbocycles. The molecule has 3 nitrogen and oxygen atoms in total. The van der Waals surface area contributed by atoms with Gasteiger partial charge in [0.1, 0.15) is 5.82 Å². The molecule has 1 aliphatic rings. The van der Waals surface area contributed by atoms with Gasteiger partial charge in [-0.25, -0.2) is 4.39 Å². The summed E-state index contributed by atoms with van der Waals surface area (Å²) in [5.74, 6) is -0.343. The molecule has 1 saturated carbocycles. The monoisotopic (exact) mass is 370 g/mol. The molecule has 0 aliphatic heterocycles. The SMILES string of the molecule is Cn1cc(CC(=O)N(Cc2c(F)cccc2Cl)C2CC2)c2ccccc21. The highest BCUT2D eigenvalue weighted by molar-refractivity contribution is 6.31. The fourth-order valence-electron chi connectivity index (χ4n) is 3.49. The molecule has 1 aliphatic carbocycles. The van der Waals surface area contributed by atoms with Gasteiger partial charge in [0.2, 0.25) is 5.91 Å². The number of carbonyl (C=O) groups excluding carboxylic acids is 1. The van der Waals surface area contributed by atoms with Gasteiger partial charge in [-0.15, -0.1) is 0 Å². The lowest BCUT2D eigenvalue weighted by atomic mass is 10.1. The van der Waals surface area contributed by atoms with Crippen molar-refractivity contribution in [2.24, 2.45) is 7.05 Å². The molecule has 26 heavy (non-hydrogen) atoms.